The number of benzene rings is 1. The fourth-order valence-electron chi connectivity index (χ4n) is 3.52. The number of pyridine rings is 1. The Kier molecular flexibility index (Phi) is 3.65. The number of para-hydroxylation sites is 1. The lowest BCUT2D eigenvalue weighted by atomic mass is 9.89. The Bertz CT molecular complexity index is 668. The van der Waals surface area contributed by atoms with Gasteiger partial charge in [0.25, 0.3) is 0 Å². The van der Waals surface area contributed by atoms with Crippen LogP contribution in [0.4, 0.5) is 0 Å². The van der Waals surface area contributed by atoms with Crippen LogP contribution in [-0.4, -0.2) is 17.1 Å². The molecule has 1 aromatic carbocycles. The quantitative estimate of drug-likeness (QED) is 0.924. The van der Waals surface area contributed by atoms with E-state index in [0.29, 0.717) is 12.0 Å². The summed E-state index contributed by atoms with van der Waals surface area (Å²) in [6.07, 6.45) is 12.1. The minimum Gasteiger partial charge on any atom is -0.456 e. The molecular formula is C19H20N2O. The smallest absolute Gasteiger partial charge is 0.146 e. The van der Waals surface area contributed by atoms with Gasteiger partial charge in [0.05, 0.1) is 6.20 Å². The SMILES string of the molecule is C(=C/C1CC2CCC1N2)/c1cncc(Oc2ccccc2)c1. The van der Waals surface area contributed by atoms with Gasteiger partial charge in [0.15, 0.2) is 0 Å². The van der Waals surface area contributed by atoms with Crippen LogP contribution < -0.4 is 10.1 Å². The molecule has 2 bridgehead atoms. The maximum absolute atomic E-state index is 5.83. The van der Waals surface area contributed by atoms with Gasteiger partial charge in [-0.15, -0.1) is 0 Å². The van der Waals surface area contributed by atoms with E-state index in [9.17, 15) is 0 Å². The number of rotatable bonds is 4. The number of hydrogen-bond acceptors (Lipinski definition) is 3. The maximum Gasteiger partial charge on any atom is 0.146 e. The molecule has 3 unspecified atom stereocenters. The van der Waals surface area contributed by atoms with E-state index < -0.39 is 0 Å². The third kappa shape index (κ3) is 2.90. The zero-order valence-corrected chi connectivity index (χ0v) is 12.5. The molecule has 0 spiro atoms. The summed E-state index contributed by atoms with van der Waals surface area (Å²) in [5.74, 6) is 2.28. The number of nitrogens with zero attached hydrogens (tertiary/aromatic N) is 1. The monoisotopic (exact) mass is 292 g/mol. The zero-order chi connectivity index (χ0) is 14.8. The van der Waals surface area contributed by atoms with E-state index in [-0.39, 0.29) is 0 Å². The van der Waals surface area contributed by atoms with E-state index in [2.05, 4.69) is 22.5 Å². The van der Waals surface area contributed by atoms with Gasteiger partial charge in [0.1, 0.15) is 11.5 Å². The molecule has 1 aromatic heterocycles. The van der Waals surface area contributed by atoms with Gasteiger partial charge in [-0.25, -0.2) is 0 Å². The minimum atomic E-state index is 0.664. The molecule has 3 heteroatoms. The molecule has 3 atom stereocenters. The predicted molar refractivity (Wildman–Crippen MR) is 87.8 cm³/mol. The highest BCUT2D eigenvalue weighted by molar-refractivity contribution is 5.51. The number of fused-ring (bicyclic) bond motifs is 2. The summed E-state index contributed by atoms with van der Waals surface area (Å²) in [4.78, 5) is 4.28. The van der Waals surface area contributed by atoms with Crippen molar-refractivity contribution in [1.82, 2.24) is 10.3 Å². The lowest BCUT2D eigenvalue weighted by Gasteiger charge is -2.15. The predicted octanol–water partition coefficient (Wildman–Crippen LogP) is 4.03. The first-order valence-electron chi connectivity index (χ1n) is 7.99. The van der Waals surface area contributed by atoms with Crippen LogP contribution in [0.2, 0.25) is 0 Å². The largest absolute Gasteiger partial charge is 0.456 e. The topological polar surface area (TPSA) is 34.2 Å². The Labute approximate surface area is 131 Å². The number of nitrogens with one attached hydrogen (secondary N) is 1. The lowest BCUT2D eigenvalue weighted by molar-refractivity contribution is 0.479. The summed E-state index contributed by atoms with van der Waals surface area (Å²) in [5, 5.41) is 3.67. The van der Waals surface area contributed by atoms with Gasteiger partial charge in [-0.05, 0) is 48.9 Å². The van der Waals surface area contributed by atoms with Crippen molar-refractivity contribution in [3.8, 4) is 11.5 Å². The Hall–Kier alpha value is -2.13. The molecular weight excluding hydrogens is 272 g/mol. The van der Waals surface area contributed by atoms with Crippen molar-refractivity contribution < 1.29 is 4.74 Å². The van der Waals surface area contributed by atoms with Crippen molar-refractivity contribution in [2.45, 2.75) is 31.3 Å². The molecule has 3 nitrogen and oxygen atoms in total. The summed E-state index contributed by atoms with van der Waals surface area (Å²) < 4.78 is 5.83. The highest BCUT2D eigenvalue weighted by atomic mass is 16.5. The fraction of sp³-hybridized carbons (Fsp3) is 0.316. The summed E-state index contributed by atoms with van der Waals surface area (Å²) in [6.45, 7) is 0. The van der Waals surface area contributed by atoms with Crippen molar-refractivity contribution in [2.24, 2.45) is 5.92 Å². The van der Waals surface area contributed by atoms with E-state index >= 15 is 0 Å². The molecule has 0 amide bonds. The average molecular weight is 292 g/mol. The summed E-state index contributed by atoms with van der Waals surface area (Å²) in [7, 11) is 0. The Morgan fingerprint density at radius 2 is 2.00 bits per heavy atom. The molecule has 2 aliphatic heterocycles. The first-order valence-corrected chi connectivity index (χ1v) is 7.99. The summed E-state index contributed by atoms with van der Waals surface area (Å²) >= 11 is 0. The van der Waals surface area contributed by atoms with Gasteiger partial charge in [0.2, 0.25) is 0 Å². The molecule has 2 saturated heterocycles. The lowest BCUT2D eigenvalue weighted by Crippen LogP contribution is -2.21. The molecule has 4 rings (SSSR count). The second-order valence-electron chi connectivity index (χ2n) is 6.18. The van der Waals surface area contributed by atoms with E-state index in [1.165, 1.54) is 19.3 Å². The summed E-state index contributed by atoms with van der Waals surface area (Å²) in [5.41, 5.74) is 1.09. The average Bonchev–Trinajstić information content (AvgIpc) is 3.17. The first kappa shape index (κ1) is 13.5. The standard InChI is InChI=1S/C19H20N2O/c1-2-4-17(5-3-1)22-18-10-14(12-20-13-18)6-7-15-11-16-8-9-19(15)21-16/h1-7,10,12-13,15-16,19,21H,8-9,11H2/b7-6-. The van der Waals surface area contributed by atoms with Crippen molar-refractivity contribution in [1.29, 1.82) is 0 Å². The maximum atomic E-state index is 5.83. The third-order valence-electron chi connectivity index (χ3n) is 4.60. The van der Waals surface area contributed by atoms with E-state index in [4.69, 9.17) is 4.74 Å². The Balaban J connectivity index is 1.45. The highest BCUT2D eigenvalue weighted by Crippen LogP contribution is 2.34. The van der Waals surface area contributed by atoms with Gasteiger partial charge >= 0.3 is 0 Å². The van der Waals surface area contributed by atoms with Gasteiger partial charge < -0.3 is 10.1 Å². The van der Waals surface area contributed by atoms with Crippen molar-refractivity contribution in [2.75, 3.05) is 0 Å². The van der Waals surface area contributed by atoms with Crippen LogP contribution in [0.1, 0.15) is 24.8 Å². The number of aromatic nitrogens is 1. The molecule has 2 aliphatic rings. The summed E-state index contributed by atoms with van der Waals surface area (Å²) in [6, 6.07) is 13.3. The van der Waals surface area contributed by atoms with E-state index in [1.54, 1.807) is 6.20 Å². The van der Waals surface area contributed by atoms with Gasteiger partial charge in [-0.1, -0.05) is 30.4 Å². The van der Waals surface area contributed by atoms with Crippen LogP contribution in [0.25, 0.3) is 6.08 Å². The van der Waals surface area contributed by atoms with E-state index in [0.717, 1.165) is 23.1 Å². The normalized spacial score (nSPS) is 26.6. The van der Waals surface area contributed by atoms with Crippen LogP contribution in [0, 0.1) is 5.92 Å². The minimum absolute atomic E-state index is 0.664. The fourth-order valence-corrected chi connectivity index (χ4v) is 3.52. The van der Waals surface area contributed by atoms with E-state index in [1.807, 2.05) is 42.6 Å². The van der Waals surface area contributed by atoms with Crippen LogP contribution in [-0.2, 0) is 0 Å². The molecule has 2 aromatic rings. The van der Waals surface area contributed by atoms with Gasteiger partial charge in [-0.3, -0.25) is 4.98 Å². The molecule has 0 aliphatic carbocycles. The number of ether oxygens (including phenoxy) is 1. The van der Waals surface area contributed by atoms with Crippen LogP contribution in [0.3, 0.4) is 0 Å². The molecule has 112 valence electrons. The van der Waals surface area contributed by atoms with Gasteiger partial charge in [-0.2, -0.15) is 0 Å². The molecule has 0 saturated carbocycles. The van der Waals surface area contributed by atoms with Crippen LogP contribution in [0.15, 0.2) is 54.9 Å². The highest BCUT2D eigenvalue weighted by Gasteiger charge is 2.37. The van der Waals surface area contributed by atoms with Crippen molar-refractivity contribution in [3.63, 3.8) is 0 Å². The number of hydrogen-bond donors (Lipinski definition) is 1. The zero-order valence-electron chi connectivity index (χ0n) is 12.5. The molecule has 1 N–H and O–H groups in total. The molecule has 22 heavy (non-hydrogen) atoms. The molecule has 3 heterocycles. The van der Waals surface area contributed by atoms with Crippen LogP contribution in [0.5, 0.6) is 11.5 Å². The third-order valence-corrected chi connectivity index (χ3v) is 4.60. The van der Waals surface area contributed by atoms with Crippen LogP contribution >= 0.6 is 0 Å². The van der Waals surface area contributed by atoms with Crippen molar-refractivity contribution in [3.05, 3.63) is 60.4 Å². The Morgan fingerprint density at radius 1 is 1.09 bits per heavy atom. The second-order valence-corrected chi connectivity index (χ2v) is 6.18. The van der Waals surface area contributed by atoms with Gasteiger partial charge in [0, 0.05) is 18.3 Å². The first-order chi connectivity index (χ1) is 10.9. The second kappa shape index (κ2) is 5.93. The molecule has 2 fully saturated rings. The molecule has 0 radical (unpaired) electrons. The van der Waals surface area contributed by atoms with Crippen molar-refractivity contribution >= 4 is 6.08 Å². The Morgan fingerprint density at radius 3 is 2.77 bits per heavy atom.